The third-order valence-electron chi connectivity index (χ3n) is 4.32. The van der Waals surface area contributed by atoms with E-state index in [-0.39, 0.29) is 0 Å². The van der Waals surface area contributed by atoms with Crippen LogP contribution in [0.15, 0.2) is 0 Å². The highest BCUT2D eigenvalue weighted by Crippen LogP contribution is 2.43. The van der Waals surface area contributed by atoms with E-state index in [4.69, 9.17) is 13.6 Å². The van der Waals surface area contributed by atoms with Crippen LogP contribution in [0.25, 0.3) is 0 Å². The number of epoxide rings is 1. The summed E-state index contributed by atoms with van der Waals surface area (Å²) in [6.45, 7) is 8.03. The van der Waals surface area contributed by atoms with Crippen LogP contribution in [0.5, 0.6) is 0 Å². The first-order chi connectivity index (χ1) is 8.78. The summed E-state index contributed by atoms with van der Waals surface area (Å²) in [5, 5.41) is 0. The molecule has 4 atom stereocenters. The van der Waals surface area contributed by atoms with E-state index in [1.165, 1.54) is 32.1 Å². The standard InChI is InChI=1S/C14H28O3Si/c1-4-12(18(15-5-2)16-6-3)9-11-7-8-13-14(10-11)17-13/h11-14,18H,4-10H2,1-3H3. The molecule has 0 amide bonds. The largest absolute Gasteiger partial charge is 0.397 e. The molecule has 2 aliphatic rings. The van der Waals surface area contributed by atoms with Gasteiger partial charge in [0.25, 0.3) is 0 Å². The zero-order valence-corrected chi connectivity index (χ0v) is 13.2. The predicted octanol–water partition coefficient (Wildman–Crippen LogP) is 3.02. The van der Waals surface area contributed by atoms with Crippen LogP contribution in [0.2, 0.25) is 5.54 Å². The van der Waals surface area contributed by atoms with E-state index in [0.717, 1.165) is 19.1 Å². The smallest absolute Gasteiger partial charge is 0.324 e. The molecule has 0 aromatic carbocycles. The quantitative estimate of drug-likeness (QED) is 0.503. The van der Waals surface area contributed by atoms with Gasteiger partial charge in [-0.3, -0.25) is 0 Å². The van der Waals surface area contributed by atoms with Crippen LogP contribution in [0.4, 0.5) is 0 Å². The Balaban J connectivity index is 1.81. The summed E-state index contributed by atoms with van der Waals surface area (Å²) in [4.78, 5) is 0. The Bertz CT molecular complexity index is 243. The zero-order valence-electron chi connectivity index (χ0n) is 12.1. The summed E-state index contributed by atoms with van der Waals surface area (Å²) in [7, 11) is -1.47. The zero-order chi connectivity index (χ0) is 13.0. The molecule has 1 saturated heterocycles. The van der Waals surface area contributed by atoms with Crippen LogP contribution in [0.3, 0.4) is 0 Å². The minimum atomic E-state index is -1.47. The van der Waals surface area contributed by atoms with Gasteiger partial charge in [0.1, 0.15) is 0 Å². The number of hydrogen-bond donors (Lipinski definition) is 0. The molecule has 0 radical (unpaired) electrons. The average molecular weight is 272 g/mol. The van der Waals surface area contributed by atoms with Gasteiger partial charge < -0.3 is 13.6 Å². The maximum Gasteiger partial charge on any atom is 0.324 e. The van der Waals surface area contributed by atoms with Crippen molar-refractivity contribution in [1.29, 1.82) is 0 Å². The Kier molecular flexibility index (Phi) is 5.67. The lowest BCUT2D eigenvalue weighted by Crippen LogP contribution is -2.31. The Hall–Kier alpha value is 0.0969. The number of hydrogen-bond acceptors (Lipinski definition) is 3. The first-order valence-corrected chi connectivity index (χ1v) is 9.28. The second-order valence-electron chi connectivity index (χ2n) is 5.58. The predicted molar refractivity (Wildman–Crippen MR) is 75.1 cm³/mol. The molecule has 1 aliphatic heterocycles. The first kappa shape index (κ1) is 14.5. The normalized spacial score (nSPS) is 32.3. The second kappa shape index (κ2) is 7.03. The van der Waals surface area contributed by atoms with Crippen molar-refractivity contribution in [3.05, 3.63) is 0 Å². The van der Waals surface area contributed by atoms with Gasteiger partial charge in [-0.1, -0.05) is 13.3 Å². The van der Waals surface area contributed by atoms with E-state index in [1.54, 1.807) is 0 Å². The number of ether oxygens (including phenoxy) is 1. The average Bonchev–Trinajstić information content (AvgIpc) is 3.14. The van der Waals surface area contributed by atoms with E-state index in [9.17, 15) is 0 Å². The molecule has 0 spiro atoms. The lowest BCUT2D eigenvalue weighted by molar-refractivity contribution is 0.194. The van der Waals surface area contributed by atoms with E-state index >= 15 is 0 Å². The van der Waals surface area contributed by atoms with Gasteiger partial charge in [0.05, 0.1) is 12.2 Å². The van der Waals surface area contributed by atoms with Crippen LogP contribution in [0, 0.1) is 5.92 Å². The van der Waals surface area contributed by atoms with E-state index in [1.807, 2.05) is 0 Å². The summed E-state index contributed by atoms with van der Waals surface area (Å²) in [6.07, 6.45) is 7.61. The maximum atomic E-state index is 5.90. The van der Waals surface area contributed by atoms with Crippen molar-refractivity contribution in [2.24, 2.45) is 5.92 Å². The third-order valence-corrected chi connectivity index (χ3v) is 7.16. The molecule has 2 fully saturated rings. The highest BCUT2D eigenvalue weighted by atomic mass is 28.3. The van der Waals surface area contributed by atoms with Gasteiger partial charge in [-0.25, -0.2) is 0 Å². The minimum Gasteiger partial charge on any atom is -0.397 e. The highest BCUT2D eigenvalue weighted by Gasteiger charge is 2.44. The second-order valence-corrected chi connectivity index (χ2v) is 7.92. The van der Waals surface area contributed by atoms with Crippen molar-refractivity contribution in [1.82, 2.24) is 0 Å². The molecule has 18 heavy (non-hydrogen) atoms. The summed E-state index contributed by atoms with van der Waals surface area (Å²) < 4.78 is 17.4. The molecule has 0 aromatic heterocycles. The molecule has 0 aromatic rings. The first-order valence-electron chi connectivity index (χ1n) is 7.67. The summed E-state index contributed by atoms with van der Waals surface area (Å²) in [5.41, 5.74) is 0.671. The van der Waals surface area contributed by atoms with Crippen molar-refractivity contribution in [2.75, 3.05) is 13.2 Å². The van der Waals surface area contributed by atoms with E-state index in [2.05, 4.69) is 20.8 Å². The Morgan fingerprint density at radius 1 is 1.11 bits per heavy atom. The molecule has 2 rings (SSSR count). The lowest BCUT2D eigenvalue weighted by Gasteiger charge is -2.28. The Morgan fingerprint density at radius 3 is 2.39 bits per heavy atom. The van der Waals surface area contributed by atoms with Gasteiger partial charge in [0.2, 0.25) is 0 Å². The van der Waals surface area contributed by atoms with Gasteiger partial charge in [-0.05, 0) is 51.0 Å². The van der Waals surface area contributed by atoms with Gasteiger partial charge in [0.15, 0.2) is 0 Å². The van der Waals surface area contributed by atoms with Crippen molar-refractivity contribution >= 4 is 9.28 Å². The fraction of sp³-hybridized carbons (Fsp3) is 1.00. The van der Waals surface area contributed by atoms with Crippen LogP contribution in [0.1, 0.15) is 52.9 Å². The molecular formula is C14H28O3Si. The topological polar surface area (TPSA) is 31.0 Å². The third kappa shape index (κ3) is 3.79. The lowest BCUT2D eigenvalue weighted by atomic mass is 9.86. The molecule has 4 heteroatoms. The number of fused-ring (bicyclic) bond motifs is 1. The molecule has 1 heterocycles. The molecule has 3 nitrogen and oxygen atoms in total. The molecule has 1 aliphatic carbocycles. The van der Waals surface area contributed by atoms with Gasteiger partial charge in [-0.2, -0.15) is 0 Å². The van der Waals surface area contributed by atoms with Crippen molar-refractivity contribution in [2.45, 2.75) is 70.6 Å². The van der Waals surface area contributed by atoms with Crippen LogP contribution >= 0.6 is 0 Å². The van der Waals surface area contributed by atoms with E-state index < -0.39 is 9.28 Å². The summed E-state index contributed by atoms with van der Waals surface area (Å²) >= 11 is 0. The van der Waals surface area contributed by atoms with Crippen LogP contribution in [-0.4, -0.2) is 34.7 Å². The Labute approximate surface area is 113 Å². The van der Waals surface area contributed by atoms with E-state index in [0.29, 0.717) is 17.7 Å². The van der Waals surface area contributed by atoms with Crippen LogP contribution in [-0.2, 0) is 13.6 Å². The fourth-order valence-electron chi connectivity index (χ4n) is 3.25. The van der Waals surface area contributed by atoms with Crippen LogP contribution < -0.4 is 0 Å². The van der Waals surface area contributed by atoms with Crippen molar-refractivity contribution in [3.8, 4) is 0 Å². The number of rotatable bonds is 8. The monoisotopic (exact) mass is 272 g/mol. The highest BCUT2D eigenvalue weighted by molar-refractivity contribution is 6.46. The van der Waals surface area contributed by atoms with Crippen molar-refractivity contribution in [3.63, 3.8) is 0 Å². The van der Waals surface area contributed by atoms with Gasteiger partial charge in [0, 0.05) is 13.2 Å². The van der Waals surface area contributed by atoms with Gasteiger partial charge >= 0.3 is 9.28 Å². The molecule has 1 saturated carbocycles. The summed E-state index contributed by atoms with van der Waals surface area (Å²) in [5.74, 6) is 0.842. The van der Waals surface area contributed by atoms with Gasteiger partial charge in [-0.15, -0.1) is 0 Å². The molecule has 4 unspecified atom stereocenters. The Morgan fingerprint density at radius 2 is 1.83 bits per heavy atom. The SMILES string of the molecule is CCO[SiH](OCC)C(CC)CC1CCC2OC2C1. The molecular weight excluding hydrogens is 244 g/mol. The van der Waals surface area contributed by atoms with Crippen molar-refractivity contribution < 1.29 is 13.6 Å². The maximum absolute atomic E-state index is 5.90. The summed E-state index contributed by atoms with van der Waals surface area (Å²) in [6, 6.07) is 0. The molecule has 106 valence electrons. The fourth-order valence-corrected chi connectivity index (χ4v) is 5.54. The minimum absolute atomic E-state index is 0.598. The molecule has 0 bridgehead atoms. The molecule has 0 N–H and O–H groups in total.